The Labute approximate surface area is 293 Å². The minimum atomic E-state index is -4.70. The first kappa shape index (κ1) is 35.3. The molecule has 1 aromatic carbocycles. The van der Waals surface area contributed by atoms with Gasteiger partial charge in [0.05, 0.1) is 28.9 Å². The van der Waals surface area contributed by atoms with Gasteiger partial charge in [0.1, 0.15) is 18.1 Å². The molecule has 14 nitrogen and oxygen atoms in total. The molecule has 1 fully saturated rings. The van der Waals surface area contributed by atoms with Crippen molar-refractivity contribution in [1.82, 2.24) is 34.0 Å². The quantitative estimate of drug-likeness (QED) is 0.285. The molecule has 2 atom stereocenters. The van der Waals surface area contributed by atoms with Gasteiger partial charge in [-0.05, 0) is 50.3 Å². The van der Waals surface area contributed by atoms with Crippen molar-refractivity contribution in [2.24, 2.45) is 11.7 Å². The maximum Gasteiger partial charge on any atom is 0.416 e. The number of nitriles is 1. The van der Waals surface area contributed by atoms with Crippen molar-refractivity contribution in [2.75, 3.05) is 31.1 Å². The highest BCUT2D eigenvalue weighted by Crippen LogP contribution is 2.37. The summed E-state index contributed by atoms with van der Waals surface area (Å²) in [4.78, 5) is 56.7. The van der Waals surface area contributed by atoms with E-state index in [1.165, 1.54) is 15.8 Å². The van der Waals surface area contributed by atoms with E-state index in [9.17, 15) is 37.9 Å². The predicted molar refractivity (Wildman–Crippen MR) is 178 cm³/mol. The number of hydrogen-bond acceptors (Lipinski definition) is 10. The van der Waals surface area contributed by atoms with Crippen LogP contribution in [0, 0.1) is 24.2 Å². The number of piperazine rings is 1. The molecule has 18 heteroatoms. The Morgan fingerprint density at radius 2 is 1.92 bits per heavy atom. The average Bonchev–Trinajstić information content (AvgIpc) is 3.56. The highest BCUT2D eigenvalue weighted by Gasteiger charge is 2.36. The van der Waals surface area contributed by atoms with Gasteiger partial charge in [0.2, 0.25) is 11.7 Å². The molecule has 2 aliphatic rings. The number of carbonyl (C=O) groups excluding carboxylic acids is 2. The van der Waals surface area contributed by atoms with Crippen LogP contribution in [-0.2, 0) is 17.4 Å². The Kier molecular flexibility index (Phi) is 9.47. The van der Waals surface area contributed by atoms with Crippen LogP contribution in [-0.4, -0.2) is 77.1 Å². The number of aromatic nitrogens is 6. The van der Waals surface area contributed by atoms with Crippen LogP contribution in [0.4, 0.5) is 18.9 Å². The fourth-order valence-electron chi connectivity index (χ4n) is 6.52. The summed E-state index contributed by atoms with van der Waals surface area (Å²) in [5.41, 5.74) is 5.53. The number of aryl methyl sites for hydroxylation is 1. The van der Waals surface area contributed by atoms with Crippen molar-refractivity contribution in [3.63, 3.8) is 0 Å². The number of halogens is 4. The summed E-state index contributed by atoms with van der Waals surface area (Å²) in [7, 11) is 0. The molecule has 0 spiro atoms. The Morgan fingerprint density at radius 1 is 1.20 bits per heavy atom. The Morgan fingerprint density at radius 3 is 2.51 bits per heavy atom. The van der Waals surface area contributed by atoms with E-state index >= 15 is 0 Å². The van der Waals surface area contributed by atoms with Crippen molar-refractivity contribution in [1.29, 1.82) is 5.26 Å². The normalized spacial score (nSPS) is 17.3. The summed E-state index contributed by atoms with van der Waals surface area (Å²) in [6.45, 7) is 3.83. The SMILES string of the molecule is CCc1c(N2CCN(C(=O)c3ncnc(C)c3O)CC2)c(=O)n2nc(C3=CCC(C#N)CC3)nc2n1C(C(N)=O)c1ccc(C(F)(F)F)cc1Cl. The summed E-state index contributed by atoms with van der Waals surface area (Å²) in [6, 6.07) is 3.31. The standard InChI is InChI=1S/C33H32ClF3N10O4/c1-3-23-26(44-10-12-45(13-11-44)30(50)24-27(48)17(2)40-16-41-24)31(51)47-32(42-29(43-47)19-6-4-18(15-38)5-7-19)46(23)25(28(39)49)21-9-8-20(14-22(21)34)33(35,36)37/h6,8-9,14,16,18,25,48H,3-5,7,10-13H2,1-2H3,(H2,39,49). The minimum absolute atomic E-state index is 0.0444. The van der Waals surface area contributed by atoms with Crippen LogP contribution in [0.3, 0.4) is 0 Å². The van der Waals surface area contributed by atoms with Gasteiger partial charge in [0, 0.05) is 36.8 Å². The lowest BCUT2D eigenvalue weighted by Gasteiger charge is -2.37. The molecule has 4 heterocycles. The summed E-state index contributed by atoms with van der Waals surface area (Å²) >= 11 is 6.43. The third kappa shape index (κ3) is 6.47. The molecule has 4 aromatic rings. The van der Waals surface area contributed by atoms with Crippen LogP contribution in [0.15, 0.2) is 35.4 Å². The molecule has 0 saturated carbocycles. The van der Waals surface area contributed by atoms with Crippen molar-refractivity contribution in [3.8, 4) is 11.8 Å². The highest BCUT2D eigenvalue weighted by atomic mass is 35.5. The lowest BCUT2D eigenvalue weighted by atomic mass is 9.90. The fraction of sp³-hybridized carbons (Fsp3) is 0.394. The number of fused-ring (bicyclic) bond motifs is 1. The average molecular weight is 725 g/mol. The van der Waals surface area contributed by atoms with E-state index in [1.54, 1.807) is 18.7 Å². The van der Waals surface area contributed by atoms with Gasteiger partial charge in [0.25, 0.3) is 11.5 Å². The van der Waals surface area contributed by atoms with Crippen molar-refractivity contribution in [3.05, 3.63) is 80.0 Å². The van der Waals surface area contributed by atoms with Gasteiger partial charge >= 0.3 is 6.18 Å². The number of nitrogens with zero attached hydrogens (tertiary/aromatic N) is 9. The number of amides is 2. The number of benzene rings is 1. The van der Waals surface area contributed by atoms with Crippen LogP contribution >= 0.6 is 11.6 Å². The number of alkyl halides is 3. The van der Waals surface area contributed by atoms with Crippen LogP contribution in [0.1, 0.15) is 71.1 Å². The molecule has 0 bridgehead atoms. The van der Waals surface area contributed by atoms with Crippen LogP contribution in [0.2, 0.25) is 5.02 Å². The number of aromatic hydroxyl groups is 1. The summed E-state index contributed by atoms with van der Waals surface area (Å²) in [5.74, 6) is -1.90. The lowest BCUT2D eigenvalue weighted by molar-refractivity contribution is -0.137. The topological polar surface area (TPSA) is 189 Å². The van der Waals surface area contributed by atoms with Crippen molar-refractivity contribution < 1.29 is 27.9 Å². The monoisotopic (exact) mass is 724 g/mol. The van der Waals surface area contributed by atoms with Crippen LogP contribution < -0.4 is 16.2 Å². The second-order valence-electron chi connectivity index (χ2n) is 12.3. The molecule has 1 saturated heterocycles. The molecular weight excluding hydrogens is 693 g/mol. The third-order valence-electron chi connectivity index (χ3n) is 9.22. The van der Waals surface area contributed by atoms with Crippen LogP contribution in [0.5, 0.6) is 5.75 Å². The molecule has 2 unspecified atom stereocenters. The maximum absolute atomic E-state index is 14.4. The molecule has 266 valence electrons. The fourth-order valence-corrected chi connectivity index (χ4v) is 6.81. The number of hydrogen-bond donors (Lipinski definition) is 2. The predicted octanol–water partition coefficient (Wildman–Crippen LogP) is 3.67. The first-order chi connectivity index (χ1) is 24.2. The zero-order valence-corrected chi connectivity index (χ0v) is 28.2. The van der Waals surface area contributed by atoms with E-state index in [-0.39, 0.29) is 89.2 Å². The molecule has 6 rings (SSSR count). The van der Waals surface area contributed by atoms with Gasteiger partial charge in [-0.2, -0.15) is 27.9 Å². The molecule has 3 aromatic heterocycles. The largest absolute Gasteiger partial charge is 0.504 e. The zero-order chi connectivity index (χ0) is 36.8. The van der Waals surface area contributed by atoms with E-state index in [1.807, 2.05) is 6.08 Å². The van der Waals surface area contributed by atoms with Gasteiger partial charge in [-0.3, -0.25) is 19.0 Å². The Hall–Kier alpha value is -5.50. The first-order valence-corrected chi connectivity index (χ1v) is 16.5. The van der Waals surface area contributed by atoms with Crippen molar-refractivity contribution in [2.45, 2.75) is 51.7 Å². The van der Waals surface area contributed by atoms with E-state index in [2.05, 4.69) is 26.1 Å². The summed E-state index contributed by atoms with van der Waals surface area (Å²) in [5, 5.41) is 23.9. The van der Waals surface area contributed by atoms with Gasteiger partial charge < -0.3 is 20.6 Å². The van der Waals surface area contributed by atoms with E-state index in [4.69, 9.17) is 17.3 Å². The zero-order valence-electron chi connectivity index (χ0n) is 27.5. The molecule has 1 aliphatic carbocycles. The van der Waals surface area contributed by atoms with Gasteiger partial charge in [-0.1, -0.05) is 30.7 Å². The minimum Gasteiger partial charge on any atom is -0.504 e. The van der Waals surface area contributed by atoms with E-state index in [0.717, 1.165) is 16.6 Å². The smallest absolute Gasteiger partial charge is 0.416 e. The Bertz CT molecular complexity index is 2180. The first-order valence-electron chi connectivity index (χ1n) is 16.1. The number of nitrogens with two attached hydrogens (primary N) is 1. The molecular formula is C33H32ClF3N10O4. The molecule has 3 N–H and O–H groups in total. The second-order valence-corrected chi connectivity index (χ2v) is 12.7. The number of primary amides is 1. The van der Waals surface area contributed by atoms with Gasteiger partial charge in [-0.25, -0.2) is 9.97 Å². The van der Waals surface area contributed by atoms with E-state index in [0.29, 0.717) is 30.9 Å². The van der Waals surface area contributed by atoms with Crippen LogP contribution in [0.25, 0.3) is 11.4 Å². The second kappa shape index (κ2) is 13.7. The molecule has 51 heavy (non-hydrogen) atoms. The molecule has 1 aliphatic heterocycles. The Balaban J connectivity index is 1.49. The maximum atomic E-state index is 14.4. The van der Waals surface area contributed by atoms with Gasteiger partial charge in [-0.15, -0.1) is 5.10 Å². The molecule has 0 radical (unpaired) electrons. The third-order valence-corrected chi connectivity index (χ3v) is 9.55. The molecule has 2 amide bonds. The highest BCUT2D eigenvalue weighted by molar-refractivity contribution is 6.31. The number of carbonyl (C=O) groups is 2. The number of rotatable bonds is 7. The number of allylic oxidation sites excluding steroid dienone is 2. The lowest BCUT2D eigenvalue weighted by Crippen LogP contribution is -2.51. The number of anilines is 1. The summed E-state index contributed by atoms with van der Waals surface area (Å²) < 4.78 is 43.1. The van der Waals surface area contributed by atoms with E-state index < -0.39 is 35.2 Å². The summed E-state index contributed by atoms with van der Waals surface area (Å²) in [6.07, 6.45) is -0.0895. The van der Waals surface area contributed by atoms with Crippen molar-refractivity contribution >= 4 is 40.5 Å². The van der Waals surface area contributed by atoms with Gasteiger partial charge in [0.15, 0.2) is 17.3 Å².